The van der Waals surface area contributed by atoms with E-state index in [-0.39, 0.29) is 11.9 Å². The van der Waals surface area contributed by atoms with Gasteiger partial charge in [-0.25, -0.2) is 0 Å². The Bertz CT molecular complexity index is 943. The van der Waals surface area contributed by atoms with Crippen LogP contribution in [0, 0.1) is 13.8 Å². The van der Waals surface area contributed by atoms with Gasteiger partial charge in [-0.1, -0.05) is 44.2 Å². The van der Waals surface area contributed by atoms with Gasteiger partial charge in [0, 0.05) is 18.4 Å². The van der Waals surface area contributed by atoms with Crippen LogP contribution in [-0.2, 0) is 4.79 Å². The van der Waals surface area contributed by atoms with Crippen LogP contribution in [0.3, 0.4) is 0 Å². The quantitative estimate of drug-likeness (QED) is 0.510. The third-order valence-electron chi connectivity index (χ3n) is 4.30. The first-order valence-corrected chi connectivity index (χ1v) is 8.69. The van der Waals surface area contributed by atoms with E-state index in [0.29, 0.717) is 5.75 Å². The summed E-state index contributed by atoms with van der Waals surface area (Å²) < 4.78 is 7.53. The van der Waals surface area contributed by atoms with E-state index < -0.39 is 0 Å². The first-order valence-electron chi connectivity index (χ1n) is 8.69. The fourth-order valence-electron chi connectivity index (χ4n) is 3.01. The fraction of sp³-hybridized carbons (Fsp3) is 0.286. The predicted octanol–water partition coefficient (Wildman–Crippen LogP) is 4.60. The van der Waals surface area contributed by atoms with Gasteiger partial charge in [0.25, 0.3) is 0 Å². The van der Waals surface area contributed by atoms with Gasteiger partial charge in [0.2, 0.25) is 0 Å². The second-order valence-corrected chi connectivity index (χ2v) is 6.67. The molecular weight excluding hydrogens is 326 g/mol. The summed E-state index contributed by atoms with van der Waals surface area (Å²) >= 11 is 0. The Balaban J connectivity index is 2.28. The maximum Gasteiger partial charge on any atom is 0.308 e. The maximum absolute atomic E-state index is 11.6. The van der Waals surface area contributed by atoms with Crippen molar-refractivity contribution in [2.45, 2.75) is 40.5 Å². The van der Waals surface area contributed by atoms with E-state index in [2.05, 4.69) is 30.1 Å². The van der Waals surface area contributed by atoms with E-state index in [1.165, 1.54) is 6.92 Å². The van der Waals surface area contributed by atoms with Crippen LogP contribution in [0.15, 0.2) is 42.5 Å². The molecule has 0 atom stereocenters. The lowest BCUT2D eigenvalue weighted by Gasteiger charge is -2.18. The highest BCUT2D eigenvalue weighted by Gasteiger charge is 2.19. The van der Waals surface area contributed by atoms with Crippen LogP contribution in [0.25, 0.3) is 16.8 Å². The molecule has 0 radical (unpaired) electrons. The Labute approximate surface area is 153 Å². The zero-order chi connectivity index (χ0) is 18.8. The number of aryl methyl sites for hydroxylation is 1. The molecule has 0 aliphatic carbocycles. The van der Waals surface area contributed by atoms with Gasteiger partial charge in [-0.3, -0.25) is 9.36 Å². The summed E-state index contributed by atoms with van der Waals surface area (Å²) in [5.74, 6) is 2.11. The first kappa shape index (κ1) is 17.9. The van der Waals surface area contributed by atoms with E-state index in [0.717, 1.165) is 34.0 Å². The van der Waals surface area contributed by atoms with Crippen LogP contribution >= 0.6 is 0 Å². The average molecular weight is 349 g/mol. The third-order valence-corrected chi connectivity index (χ3v) is 4.30. The lowest BCUT2D eigenvalue weighted by Crippen LogP contribution is -2.09. The monoisotopic (exact) mass is 349 g/mol. The maximum atomic E-state index is 11.6. The largest absolute Gasteiger partial charge is 0.426 e. The molecular formula is C21H23N3O2. The highest BCUT2D eigenvalue weighted by molar-refractivity contribution is 5.75. The van der Waals surface area contributed by atoms with Crippen molar-refractivity contribution in [1.29, 1.82) is 0 Å². The number of carbonyl (C=O) groups excluding carboxylic acids is 1. The molecule has 3 aromatic rings. The van der Waals surface area contributed by atoms with E-state index in [1.54, 1.807) is 0 Å². The van der Waals surface area contributed by atoms with Crippen molar-refractivity contribution >= 4 is 5.97 Å². The van der Waals surface area contributed by atoms with Crippen LogP contribution < -0.4 is 4.74 Å². The lowest BCUT2D eigenvalue weighted by atomic mass is 10.0. The molecule has 0 spiro atoms. The summed E-state index contributed by atoms with van der Waals surface area (Å²) in [6.45, 7) is 9.47. The SMILES string of the molecule is CC(=O)Oc1cc(-c2ccccc2)cc(-n2c(C)nnc2C(C)C)c1C. The molecule has 5 heteroatoms. The minimum atomic E-state index is -0.339. The van der Waals surface area contributed by atoms with Gasteiger partial charge in [0.05, 0.1) is 5.69 Å². The molecule has 1 heterocycles. The molecule has 0 amide bonds. The molecule has 26 heavy (non-hydrogen) atoms. The fourth-order valence-corrected chi connectivity index (χ4v) is 3.01. The molecule has 134 valence electrons. The second kappa shape index (κ2) is 7.12. The number of ether oxygens (including phenoxy) is 1. The van der Waals surface area contributed by atoms with Gasteiger partial charge in [-0.05, 0) is 37.1 Å². The number of esters is 1. The molecule has 0 saturated carbocycles. The molecule has 0 aliphatic heterocycles. The van der Waals surface area contributed by atoms with E-state index >= 15 is 0 Å². The van der Waals surface area contributed by atoms with E-state index in [1.807, 2.05) is 54.8 Å². The zero-order valence-electron chi connectivity index (χ0n) is 15.8. The summed E-state index contributed by atoms with van der Waals surface area (Å²) in [4.78, 5) is 11.6. The van der Waals surface area contributed by atoms with Gasteiger partial charge in [-0.15, -0.1) is 10.2 Å². The normalized spacial score (nSPS) is 11.0. The summed E-state index contributed by atoms with van der Waals surface area (Å²) in [5, 5.41) is 8.58. The first-order chi connectivity index (χ1) is 12.4. The van der Waals surface area contributed by atoms with Crippen molar-refractivity contribution in [2.75, 3.05) is 0 Å². The minimum absolute atomic E-state index is 0.216. The van der Waals surface area contributed by atoms with Gasteiger partial charge in [0.15, 0.2) is 0 Å². The molecule has 0 bridgehead atoms. The van der Waals surface area contributed by atoms with Crippen LogP contribution in [-0.4, -0.2) is 20.7 Å². The number of hydrogen-bond donors (Lipinski definition) is 0. The van der Waals surface area contributed by atoms with E-state index in [4.69, 9.17) is 4.74 Å². The van der Waals surface area contributed by atoms with Crippen molar-refractivity contribution in [1.82, 2.24) is 14.8 Å². The van der Waals surface area contributed by atoms with Crippen LogP contribution in [0.2, 0.25) is 0 Å². The Kier molecular flexibility index (Phi) is 4.89. The summed E-state index contributed by atoms with van der Waals surface area (Å²) in [6, 6.07) is 14.0. The molecule has 0 saturated heterocycles. The smallest absolute Gasteiger partial charge is 0.308 e. The van der Waals surface area contributed by atoms with Gasteiger partial charge in [0.1, 0.15) is 17.4 Å². The highest BCUT2D eigenvalue weighted by Crippen LogP contribution is 2.34. The molecule has 0 aliphatic rings. The van der Waals surface area contributed by atoms with Gasteiger partial charge < -0.3 is 4.74 Å². The standard InChI is InChI=1S/C21H23N3O2/c1-13(2)21-23-22-15(4)24(21)19-11-18(17-9-7-6-8-10-17)12-20(14(19)3)26-16(5)25/h6-13H,1-5H3. The Morgan fingerprint density at radius 2 is 1.73 bits per heavy atom. The molecule has 0 N–H and O–H groups in total. The molecule has 1 aromatic heterocycles. The van der Waals surface area contributed by atoms with Crippen molar-refractivity contribution in [3.8, 4) is 22.6 Å². The highest BCUT2D eigenvalue weighted by atomic mass is 16.5. The zero-order valence-corrected chi connectivity index (χ0v) is 15.8. The third kappa shape index (κ3) is 3.38. The number of carbonyl (C=O) groups is 1. The minimum Gasteiger partial charge on any atom is -0.426 e. The second-order valence-electron chi connectivity index (χ2n) is 6.67. The molecule has 0 unspecified atom stereocenters. The van der Waals surface area contributed by atoms with Crippen molar-refractivity contribution < 1.29 is 9.53 Å². The topological polar surface area (TPSA) is 57.0 Å². The number of benzene rings is 2. The van der Waals surface area contributed by atoms with Crippen molar-refractivity contribution in [3.63, 3.8) is 0 Å². The van der Waals surface area contributed by atoms with Crippen molar-refractivity contribution in [3.05, 3.63) is 59.7 Å². The number of hydrogen-bond acceptors (Lipinski definition) is 4. The van der Waals surface area contributed by atoms with Gasteiger partial charge in [-0.2, -0.15) is 0 Å². The predicted molar refractivity (Wildman–Crippen MR) is 102 cm³/mol. The number of rotatable bonds is 4. The van der Waals surface area contributed by atoms with Crippen LogP contribution in [0.5, 0.6) is 5.75 Å². The number of aromatic nitrogens is 3. The Morgan fingerprint density at radius 3 is 2.35 bits per heavy atom. The van der Waals surface area contributed by atoms with Crippen LogP contribution in [0.4, 0.5) is 0 Å². The summed E-state index contributed by atoms with van der Waals surface area (Å²) in [5.41, 5.74) is 3.84. The van der Waals surface area contributed by atoms with E-state index in [9.17, 15) is 4.79 Å². The molecule has 3 rings (SSSR count). The number of nitrogens with zero attached hydrogens (tertiary/aromatic N) is 3. The lowest BCUT2D eigenvalue weighted by molar-refractivity contribution is -0.131. The molecule has 5 nitrogen and oxygen atoms in total. The van der Waals surface area contributed by atoms with Gasteiger partial charge >= 0.3 is 5.97 Å². The van der Waals surface area contributed by atoms with Crippen molar-refractivity contribution in [2.24, 2.45) is 0 Å². The summed E-state index contributed by atoms with van der Waals surface area (Å²) in [6.07, 6.45) is 0. The van der Waals surface area contributed by atoms with Crippen LogP contribution in [0.1, 0.15) is 43.9 Å². The Hall–Kier alpha value is -2.95. The molecule has 2 aromatic carbocycles. The molecule has 0 fully saturated rings. The summed E-state index contributed by atoms with van der Waals surface area (Å²) in [7, 11) is 0. The Morgan fingerprint density at radius 1 is 1.04 bits per heavy atom. The average Bonchev–Trinajstić information content (AvgIpc) is 2.99.